The van der Waals surface area contributed by atoms with E-state index in [1.807, 2.05) is 0 Å². The van der Waals surface area contributed by atoms with E-state index in [0.29, 0.717) is 23.1 Å². The van der Waals surface area contributed by atoms with Crippen LogP contribution in [0.5, 0.6) is 0 Å². The predicted molar refractivity (Wildman–Crippen MR) is 86.4 cm³/mol. The van der Waals surface area contributed by atoms with Crippen LogP contribution in [0.25, 0.3) is 0 Å². The number of hydrogen-bond acceptors (Lipinski definition) is 5. The molecule has 0 aromatic carbocycles. The second-order valence-corrected chi connectivity index (χ2v) is 8.37. The number of sulfone groups is 1. The van der Waals surface area contributed by atoms with Gasteiger partial charge in [-0.1, -0.05) is 13.3 Å². The number of halogens is 1. The maximum absolute atomic E-state index is 12.2. The smallest absolute Gasteiger partial charge is 0.283 e. The first-order valence-corrected chi connectivity index (χ1v) is 9.77. The van der Waals surface area contributed by atoms with E-state index in [2.05, 4.69) is 33.3 Å². The topological polar surface area (TPSA) is 81.1 Å². The Morgan fingerprint density at radius 2 is 2.29 bits per heavy atom. The molecule has 1 aliphatic rings. The largest absolute Gasteiger partial charge is 0.379 e. The molecule has 6 nitrogen and oxygen atoms in total. The van der Waals surface area contributed by atoms with Gasteiger partial charge in [0.25, 0.3) is 5.56 Å². The molecular weight excluding hydrogens is 358 g/mol. The van der Waals surface area contributed by atoms with Gasteiger partial charge in [0, 0.05) is 12.6 Å². The third kappa shape index (κ3) is 4.29. The zero-order chi connectivity index (χ0) is 15.5. The number of rotatable bonds is 5. The summed E-state index contributed by atoms with van der Waals surface area (Å²) in [6.45, 7) is 2.64. The SMILES string of the molecule is CCCCn1ncc(NC2CCCS(=O)(=O)C2)c(Br)c1=O. The van der Waals surface area contributed by atoms with Gasteiger partial charge in [-0.3, -0.25) is 4.79 Å². The molecule has 1 atom stereocenters. The first-order chi connectivity index (χ1) is 9.93. The number of aromatic nitrogens is 2. The highest BCUT2D eigenvalue weighted by Gasteiger charge is 2.25. The van der Waals surface area contributed by atoms with Gasteiger partial charge >= 0.3 is 0 Å². The van der Waals surface area contributed by atoms with Crippen molar-refractivity contribution in [3.8, 4) is 0 Å². The van der Waals surface area contributed by atoms with Gasteiger partial charge < -0.3 is 5.32 Å². The number of nitrogens with one attached hydrogen (secondary N) is 1. The van der Waals surface area contributed by atoms with Crippen LogP contribution in [0.4, 0.5) is 5.69 Å². The monoisotopic (exact) mass is 377 g/mol. The predicted octanol–water partition coefficient (Wildman–Crippen LogP) is 1.79. The van der Waals surface area contributed by atoms with Crippen molar-refractivity contribution in [3.63, 3.8) is 0 Å². The number of aryl methyl sites for hydroxylation is 1. The molecule has 0 aliphatic carbocycles. The van der Waals surface area contributed by atoms with Gasteiger partial charge in [0.05, 0.1) is 23.4 Å². The summed E-state index contributed by atoms with van der Waals surface area (Å²) in [4.78, 5) is 12.2. The minimum Gasteiger partial charge on any atom is -0.379 e. The summed E-state index contributed by atoms with van der Waals surface area (Å²) < 4.78 is 25.1. The Morgan fingerprint density at radius 3 is 2.95 bits per heavy atom. The van der Waals surface area contributed by atoms with Gasteiger partial charge in [-0.15, -0.1) is 0 Å². The molecule has 1 saturated heterocycles. The van der Waals surface area contributed by atoms with E-state index < -0.39 is 9.84 Å². The Hall–Kier alpha value is -0.890. The first-order valence-electron chi connectivity index (χ1n) is 7.15. The fourth-order valence-corrected chi connectivity index (χ4v) is 4.45. The normalized spacial score (nSPS) is 21.1. The summed E-state index contributed by atoms with van der Waals surface area (Å²) in [6, 6.07) is -0.159. The molecule has 118 valence electrons. The molecule has 0 bridgehead atoms. The summed E-state index contributed by atoms with van der Waals surface area (Å²) in [7, 11) is -2.98. The Labute approximate surface area is 133 Å². The Morgan fingerprint density at radius 1 is 1.52 bits per heavy atom. The van der Waals surface area contributed by atoms with E-state index in [0.717, 1.165) is 19.3 Å². The molecule has 1 fully saturated rings. The van der Waals surface area contributed by atoms with Crippen LogP contribution in [0.3, 0.4) is 0 Å². The molecule has 1 N–H and O–H groups in total. The molecule has 2 heterocycles. The van der Waals surface area contributed by atoms with Crippen LogP contribution in [-0.4, -0.2) is 35.7 Å². The molecule has 1 aromatic rings. The Balaban J connectivity index is 2.14. The summed E-state index contributed by atoms with van der Waals surface area (Å²) in [5, 5.41) is 7.27. The molecule has 0 amide bonds. The summed E-state index contributed by atoms with van der Waals surface area (Å²) in [5.74, 6) is 0.363. The van der Waals surface area contributed by atoms with Crippen molar-refractivity contribution in [3.05, 3.63) is 21.0 Å². The van der Waals surface area contributed by atoms with Crippen molar-refractivity contribution in [2.24, 2.45) is 0 Å². The minimum atomic E-state index is -2.98. The van der Waals surface area contributed by atoms with Crippen molar-refractivity contribution in [2.45, 2.75) is 45.2 Å². The molecular formula is C13H20BrN3O3S. The van der Waals surface area contributed by atoms with E-state index in [9.17, 15) is 13.2 Å². The van der Waals surface area contributed by atoms with Crippen LogP contribution in [0.15, 0.2) is 15.5 Å². The maximum Gasteiger partial charge on any atom is 0.283 e. The molecule has 8 heteroatoms. The minimum absolute atomic E-state index is 0.109. The van der Waals surface area contributed by atoms with E-state index >= 15 is 0 Å². The average Bonchev–Trinajstić information content (AvgIpc) is 2.42. The van der Waals surface area contributed by atoms with E-state index in [1.54, 1.807) is 6.20 Å². The third-order valence-corrected chi connectivity index (χ3v) is 6.12. The van der Waals surface area contributed by atoms with E-state index in [4.69, 9.17) is 0 Å². The lowest BCUT2D eigenvalue weighted by molar-refractivity contribution is 0.539. The van der Waals surface area contributed by atoms with E-state index in [1.165, 1.54) is 4.68 Å². The standard InChI is InChI=1S/C13H20BrN3O3S/c1-2-3-6-17-13(18)12(14)11(8-15-17)16-10-5-4-7-21(19,20)9-10/h8,10,16H,2-7,9H2,1H3. The van der Waals surface area contributed by atoms with Crippen LogP contribution >= 0.6 is 15.9 Å². The molecule has 2 rings (SSSR count). The lowest BCUT2D eigenvalue weighted by Crippen LogP contribution is -2.35. The second-order valence-electron chi connectivity index (χ2n) is 5.35. The molecule has 1 unspecified atom stereocenters. The van der Waals surface area contributed by atoms with E-state index in [-0.39, 0.29) is 23.1 Å². The van der Waals surface area contributed by atoms with Crippen LogP contribution in [0.1, 0.15) is 32.6 Å². The maximum atomic E-state index is 12.2. The summed E-state index contributed by atoms with van der Waals surface area (Å²) >= 11 is 3.29. The van der Waals surface area contributed by atoms with Crippen LogP contribution in [0.2, 0.25) is 0 Å². The fourth-order valence-electron chi connectivity index (χ4n) is 2.39. The van der Waals surface area contributed by atoms with Gasteiger partial charge in [-0.2, -0.15) is 5.10 Å². The number of anilines is 1. The molecule has 0 saturated carbocycles. The molecule has 0 radical (unpaired) electrons. The summed E-state index contributed by atoms with van der Waals surface area (Å²) in [6.07, 6.45) is 4.91. The zero-order valence-electron chi connectivity index (χ0n) is 12.0. The lowest BCUT2D eigenvalue weighted by atomic mass is 10.2. The van der Waals surface area contributed by atoms with Gasteiger partial charge in [-0.25, -0.2) is 13.1 Å². The first kappa shape index (κ1) is 16.5. The van der Waals surface area contributed by atoms with Crippen molar-refractivity contribution in [1.29, 1.82) is 0 Å². The van der Waals surface area contributed by atoms with Crippen molar-refractivity contribution in [2.75, 3.05) is 16.8 Å². The highest BCUT2D eigenvalue weighted by molar-refractivity contribution is 9.10. The Bertz CT molecular complexity index is 657. The van der Waals surface area contributed by atoms with Gasteiger partial charge in [0.15, 0.2) is 9.84 Å². The highest BCUT2D eigenvalue weighted by atomic mass is 79.9. The van der Waals surface area contributed by atoms with Crippen LogP contribution in [-0.2, 0) is 16.4 Å². The average molecular weight is 378 g/mol. The van der Waals surface area contributed by atoms with Crippen molar-refractivity contribution >= 4 is 31.5 Å². The van der Waals surface area contributed by atoms with Crippen molar-refractivity contribution in [1.82, 2.24) is 9.78 Å². The number of nitrogens with zero attached hydrogens (tertiary/aromatic N) is 2. The highest BCUT2D eigenvalue weighted by Crippen LogP contribution is 2.21. The molecule has 1 aromatic heterocycles. The molecule has 0 spiro atoms. The second kappa shape index (κ2) is 6.91. The zero-order valence-corrected chi connectivity index (χ0v) is 14.4. The van der Waals surface area contributed by atoms with Crippen LogP contribution in [0, 0.1) is 0 Å². The van der Waals surface area contributed by atoms with Gasteiger partial charge in [0.2, 0.25) is 0 Å². The molecule has 21 heavy (non-hydrogen) atoms. The van der Waals surface area contributed by atoms with Gasteiger partial charge in [0.1, 0.15) is 4.47 Å². The summed E-state index contributed by atoms with van der Waals surface area (Å²) in [5.41, 5.74) is 0.377. The third-order valence-electron chi connectivity index (χ3n) is 3.53. The van der Waals surface area contributed by atoms with Crippen molar-refractivity contribution < 1.29 is 8.42 Å². The lowest BCUT2D eigenvalue weighted by Gasteiger charge is -2.24. The number of unbranched alkanes of at least 4 members (excludes halogenated alkanes) is 1. The molecule has 1 aliphatic heterocycles. The fraction of sp³-hybridized carbons (Fsp3) is 0.692. The van der Waals surface area contributed by atoms with Gasteiger partial charge in [-0.05, 0) is 35.2 Å². The Kier molecular flexibility index (Phi) is 5.43. The van der Waals surface area contributed by atoms with Crippen LogP contribution < -0.4 is 10.9 Å². The number of hydrogen-bond donors (Lipinski definition) is 1. The quantitative estimate of drug-likeness (QED) is 0.845.